The summed E-state index contributed by atoms with van der Waals surface area (Å²) in [5.74, 6) is -0.0797. The standard InChI is InChI=1S/C19H17N3O2S/c23-18(17-7-3-9-24-17)21-15-6-1-4-13(10-15)16-12-25-19(22-16)14-5-2-8-20-11-14/h1-2,4-6,8,10-12,17H,3,7,9H2,(H,21,23). The Kier molecular flexibility index (Phi) is 4.54. The molecule has 1 amide bonds. The van der Waals surface area contributed by atoms with E-state index in [0.29, 0.717) is 6.61 Å². The maximum Gasteiger partial charge on any atom is 0.253 e. The third-order valence-electron chi connectivity index (χ3n) is 4.06. The molecule has 0 saturated carbocycles. The molecule has 3 heterocycles. The molecule has 5 nitrogen and oxygen atoms in total. The summed E-state index contributed by atoms with van der Waals surface area (Å²) < 4.78 is 5.43. The predicted molar refractivity (Wildman–Crippen MR) is 98.4 cm³/mol. The maximum absolute atomic E-state index is 12.2. The highest BCUT2D eigenvalue weighted by molar-refractivity contribution is 7.13. The van der Waals surface area contributed by atoms with Crippen molar-refractivity contribution in [2.24, 2.45) is 0 Å². The molecule has 0 spiro atoms. The van der Waals surface area contributed by atoms with E-state index in [2.05, 4.69) is 15.3 Å². The van der Waals surface area contributed by atoms with Gasteiger partial charge in [-0.2, -0.15) is 0 Å². The largest absolute Gasteiger partial charge is 0.368 e. The number of nitrogens with one attached hydrogen (secondary N) is 1. The number of thiazole rings is 1. The van der Waals surface area contributed by atoms with Gasteiger partial charge in [0.2, 0.25) is 0 Å². The molecule has 1 aliphatic heterocycles. The molecular formula is C19H17N3O2S. The molecule has 1 atom stereocenters. The van der Waals surface area contributed by atoms with Crippen molar-refractivity contribution in [2.75, 3.05) is 11.9 Å². The van der Waals surface area contributed by atoms with Crippen LogP contribution in [0.15, 0.2) is 54.2 Å². The fraction of sp³-hybridized carbons (Fsp3) is 0.211. The van der Waals surface area contributed by atoms with Crippen LogP contribution in [0.1, 0.15) is 12.8 Å². The van der Waals surface area contributed by atoms with Crippen molar-refractivity contribution >= 4 is 22.9 Å². The van der Waals surface area contributed by atoms with Gasteiger partial charge in [0, 0.05) is 41.2 Å². The monoisotopic (exact) mass is 351 g/mol. The maximum atomic E-state index is 12.2. The summed E-state index contributed by atoms with van der Waals surface area (Å²) in [5, 5.41) is 5.88. The van der Waals surface area contributed by atoms with Gasteiger partial charge in [0.25, 0.3) is 5.91 Å². The quantitative estimate of drug-likeness (QED) is 0.772. The SMILES string of the molecule is O=C(Nc1cccc(-c2csc(-c3cccnc3)n2)c1)C1CCCO1. The van der Waals surface area contributed by atoms with Crippen LogP contribution in [0.2, 0.25) is 0 Å². The van der Waals surface area contributed by atoms with Crippen LogP contribution in [0.5, 0.6) is 0 Å². The first-order valence-corrected chi connectivity index (χ1v) is 9.06. The molecule has 126 valence electrons. The normalized spacial score (nSPS) is 16.7. The predicted octanol–water partition coefficient (Wildman–Crippen LogP) is 3.99. The number of nitrogens with zero attached hydrogens (tertiary/aromatic N) is 2. The highest BCUT2D eigenvalue weighted by Crippen LogP contribution is 2.29. The van der Waals surface area contributed by atoms with Gasteiger partial charge in [0.05, 0.1) is 5.69 Å². The molecule has 1 aromatic carbocycles. The molecule has 1 fully saturated rings. The number of ether oxygens (including phenoxy) is 1. The zero-order valence-corrected chi connectivity index (χ0v) is 14.3. The van der Waals surface area contributed by atoms with Crippen LogP contribution in [0.25, 0.3) is 21.8 Å². The van der Waals surface area contributed by atoms with E-state index in [1.807, 2.05) is 41.8 Å². The van der Waals surface area contributed by atoms with Crippen LogP contribution in [0.4, 0.5) is 5.69 Å². The van der Waals surface area contributed by atoms with E-state index in [9.17, 15) is 4.79 Å². The second-order valence-corrected chi connectivity index (χ2v) is 6.71. The molecule has 0 aliphatic carbocycles. The Morgan fingerprint density at radius 2 is 2.16 bits per heavy atom. The highest BCUT2D eigenvalue weighted by atomic mass is 32.1. The Bertz CT molecular complexity index is 873. The number of carbonyl (C=O) groups is 1. The average Bonchev–Trinajstić information content (AvgIpc) is 3.35. The van der Waals surface area contributed by atoms with Gasteiger partial charge in [-0.1, -0.05) is 12.1 Å². The number of pyridine rings is 1. The van der Waals surface area contributed by atoms with Crippen molar-refractivity contribution in [1.82, 2.24) is 9.97 Å². The Morgan fingerprint density at radius 1 is 1.24 bits per heavy atom. The van der Waals surface area contributed by atoms with Crippen LogP contribution < -0.4 is 5.32 Å². The lowest BCUT2D eigenvalue weighted by Gasteiger charge is -2.11. The molecule has 1 saturated heterocycles. The van der Waals surface area contributed by atoms with E-state index in [0.717, 1.165) is 40.4 Å². The molecule has 25 heavy (non-hydrogen) atoms. The lowest BCUT2D eigenvalue weighted by atomic mass is 10.1. The third-order valence-corrected chi connectivity index (χ3v) is 4.95. The molecule has 6 heteroatoms. The molecule has 1 aliphatic rings. The molecule has 2 aromatic heterocycles. The molecule has 3 aromatic rings. The molecule has 1 N–H and O–H groups in total. The van der Waals surface area contributed by atoms with Gasteiger partial charge in [0.1, 0.15) is 11.1 Å². The van der Waals surface area contributed by atoms with E-state index in [1.54, 1.807) is 23.7 Å². The first-order chi connectivity index (χ1) is 12.3. The second kappa shape index (κ2) is 7.13. The van der Waals surface area contributed by atoms with E-state index in [1.165, 1.54) is 0 Å². The minimum atomic E-state index is -0.333. The summed E-state index contributed by atoms with van der Waals surface area (Å²) in [7, 11) is 0. The number of hydrogen-bond donors (Lipinski definition) is 1. The van der Waals surface area contributed by atoms with E-state index in [4.69, 9.17) is 4.74 Å². The fourth-order valence-corrected chi connectivity index (χ4v) is 3.61. The van der Waals surface area contributed by atoms with Crippen molar-refractivity contribution in [3.05, 3.63) is 54.2 Å². The van der Waals surface area contributed by atoms with Crippen molar-refractivity contribution < 1.29 is 9.53 Å². The minimum Gasteiger partial charge on any atom is -0.368 e. The Labute approximate surface area is 149 Å². The number of hydrogen-bond acceptors (Lipinski definition) is 5. The molecule has 0 radical (unpaired) electrons. The first kappa shape index (κ1) is 15.9. The molecule has 0 bridgehead atoms. The van der Waals surface area contributed by atoms with Crippen LogP contribution in [-0.2, 0) is 9.53 Å². The lowest BCUT2D eigenvalue weighted by Crippen LogP contribution is -2.26. The first-order valence-electron chi connectivity index (χ1n) is 8.18. The van der Waals surface area contributed by atoms with Gasteiger partial charge in [-0.05, 0) is 37.1 Å². The Hall–Kier alpha value is -2.57. The average molecular weight is 351 g/mol. The van der Waals surface area contributed by atoms with Crippen molar-refractivity contribution in [2.45, 2.75) is 18.9 Å². The van der Waals surface area contributed by atoms with Crippen LogP contribution in [0, 0.1) is 0 Å². The molecule has 4 rings (SSSR count). The van der Waals surface area contributed by atoms with Gasteiger partial charge in [-0.3, -0.25) is 9.78 Å². The van der Waals surface area contributed by atoms with Gasteiger partial charge in [-0.15, -0.1) is 11.3 Å². The van der Waals surface area contributed by atoms with E-state index >= 15 is 0 Å². The van der Waals surface area contributed by atoms with Crippen LogP contribution >= 0.6 is 11.3 Å². The topological polar surface area (TPSA) is 64.1 Å². The summed E-state index contributed by atoms with van der Waals surface area (Å²) in [6.45, 7) is 0.661. The van der Waals surface area contributed by atoms with Crippen molar-refractivity contribution in [3.63, 3.8) is 0 Å². The number of rotatable bonds is 4. The zero-order chi connectivity index (χ0) is 17.1. The lowest BCUT2D eigenvalue weighted by molar-refractivity contribution is -0.124. The summed E-state index contributed by atoms with van der Waals surface area (Å²) in [6, 6.07) is 11.6. The second-order valence-electron chi connectivity index (χ2n) is 5.85. The van der Waals surface area contributed by atoms with E-state index < -0.39 is 0 Å². The number of amides is 1. The summed E-state index contributed by atoms with van der Waals surface area (Å²) in [4.78, 5) is 21.0. The third kappa shape index (κ3) is 3.60. The number of carbonyl (C=O) groups excluding carboxylic acids is 1. The summed E-state index contributed by atoms with van der Waals surface area (Å²) >= 11 is 1.58. The van der Waals surface area contributed by atoms with Crippen LogP contribution in [0.3, 0.4) is 0 Å². The van der Waals surface area contributed by atoms with Gasteiger partial charge < -0.3 is 10.1 Å². The Morgan fingerprint density at radius 3 is 2.96 bits per heavy atom. The van der Waals surface area contributed by atoms with Crippen molar-refractivity contribution in [1.29, 1.82) is 0 Å². The summed E-state index contributed by atoms with van der Waals surface area (Å²) in [6.07, 6.45) is 4.94. The van der Waals surface area contributed by atoms with Gasteiger partial charge in [0.15, 0.2) is 0 Å². The fourth-order valence-electron chi connectivity index (χ4n) is 2.79. The molecule has 1 unspecified atom stereocenters. The van der Waals surface area contributed by atoms with Gasteiger partial charge >= 0.3 is 0 Å². The Balaban J connectivity index is 1.53. The number of anilines is 1. The van der Waals surface area contributed by atoms with Crippen molar-refractivity contribution in [3.8, 4) is 21.8 Å². The van der Waals surface area contributed by atoms with Gasteiger partial charge in [-0.25, -0.2) is 4.98 Å². The minimum absolute atomic E-state index is 0.0797. The number of benzene rings is 1. The highest BCUT2D eigenvalue weighted by Gasteiger charge is 2.23. The number of aromatic nitrogens is 2. The molecular weight excluding hydrogens is 334 g/mol. The van der Waals surface area contributed by atoms with E-state index in [-0.39, 0.29) is 12.0 Å². The smallest absolute Gasteiger partial charge is 0.253 e. The zero-order valence-electron chi connectivity index (χ0n) is 13.5. The summed E-state index contributed by atoms with van der Waals surface area (Å²) in [5.41, 5.74) is 3.61. The van der Waals surface area contributed by atoms with Crippen LogP contribution in [-0.4, -0.2) is 28.6 Å².